The molecule has 1 aromatic heterocycles. The summed E-state index contributed by atoms with van der Waals surface area (Å²) in [6, 6.07) is 0.952. The molecule has 0 saturated heterocycles. The van der Waals surface area contributed by atoms with E-state index in [1.807, 2.05) is 0 Å². The normalized spacial score (nSPS) is 10.6. The number of ether oxygens (including phenoxy) is 1. The molecule has 0 atom stereocenters. The van der Waals surface area contributed by atoms with Crippen LogP contribution in [0.2, 0.25) is 0 Å². The monoisotopic (exact) mass is 233 g/mol. The van der Waals surface area contributed by atoms with Crippen LogP contribution in [-0.4, -0.2) is 17.0 Å². The van der Waals surface area contributed by atoms with Gasteiger partial charge in [0.15, 0.2) is 0 Å². The van der Waals surface area contributed by atoms with Crippen molar-refractivity contribution in [1.82, 2.24) is 4.98 Å². The summed E-state index contributed by atoms with van der Waals surface area (Å²) >= 11 is 0. The molecule has 0 radical (unpaired) electrons. The number of aromatic nitrogens is 1. The summed E-state index contributed by atoms with van der Waals surface area (Å²) in [7, 11) is 1.12. The number of hydrogen-bond acceptors (Lipinski definition) is 5. The Hall–Kier alpha value is -1.83. The minimum absolute atomic E-state index is 0.0671. The largest absolute Gasteiger partial charge is 0.476 e. The highest BCUT2D eigenvalue weighted by Gasteiger charge is 2.24. The molecule has 2 N–H and O–H groups in total. The minimum atomic E-state index is -2.85. The highest BCUT2D eigenvalue weighted by Crippen LogP contribution is 2.31. The second-order valence-corrected chi connectivity index (χ2v) is 2.82. The van der Waals surface area contributed by atoms with Crippen molar-refractivity contribution >= 4 is 5.69 Å². The number of nitro groups is 1. The number of methoxy groups -OCH3 is 1. The molecule has 1 rings (SSSR count). The molecule has 0 spiro atoms. The summed E-state index contributed by atoms with van der Waals surface area (Å²) in [6.45, 7) is -0.252. The summed E-state index contributed by atoms with van der Waals surface area (Å²) in [4.78, 5) is 13.2. The van der Waals surface area contributed by atoms with Crippen LogP contribution in [0.15, 0.2) is 6.07 Å². The predicted molar refractivity (Wildman–Crippen MR) is 50.3 cm³/mol. The van der Waals surface area contributed by atoms with Gasteiger partial charge in [0, 0.05) is 18.2 Å². The molecule has 0 aromatic carbocycles. The van der Waals surface area contributed by atoms with E-state index in [2.05, 4.69) is 9.72 Å². The molecule has 0 fully saturated rings. The number of halogens is 2. The van der Waals surface area contributed by atoms with Crippen molar-refractivity contribution in [3.8, 4) is 5.88 Å². The standard InChI is InChI=1S/C8H9F2N3O3/c1-16-8-5(13(14)15)2-4(3-11)6(12-8)7(9)10/h2,7H,3,11H2,1H3. The molecule has 0 aliphatic heterocycles. The Morgan fingerprint density at radius 1 is 1.69 bits per heavy atom. The van der Waals surface area contributed by atoms with Crippen molar-refractivity contribution in [3.05, 3.63) is 27.4 Å². The second kappa shape index (κ2) is 4.79. The zero-order valence-corrected chi connectivity index (χ0v) is 8.31. The lowest BCUT2D eigenvalue weighted by atomic mass is 10.2. The maximum Gasteiger partial charge on any atom is 0.331 e. The number of nitrogens with two attached hydrogens (primary N) is 1. The van der Waals surface area contributed by atoms with Crippen molar-refractivity contribution in [2.75, 3.05) is 7.11 Å². The van der Waals surface area contributed by atoms with Gasteiger partial charge in [-0.25, -0.2) is 13.8 Å². The van der Waals surface area contributed by atoms with Crippen LogP contribution in [0.25, 0.3) is 0 Å². The van der Waals surface area contributed by atoms with Crippen molar-refractivity contribution in [1.29, 1.82) is 0 Å². The van der Waals surface area contributed by atoms with Crippen LogP contribution in [0.3, 0.4) is 0 Å². The van der Waals surface area contributed by atoms with Crippen molar-refractivity contribution in [2.45, 2.75) is 13.0 Å². The van der Waals surface area contributed by atoms with E-state index >= 15 is 0 Å². The Bertz CT molecular complexity index is 412. The molecule has 16 heavy (non-hydrogen) atoms. The molecule has 1 aromatic rings. The average molecular weight is 233 g/mol. The van der Waals surface area contributed by atoms with Crippen LogP contribution in [0, 0.1) is 10.1 Å². The molecule has 0 aliphatic carbocycles. The maximum atomic E-state index is 12.5. The highest BCUT2D eigenvalue weighted by atomic mass is 19.3. The Kier molecular flexibility index (Phi) is 3.67. The van der Waals surface area contributed by atoms with Gasteiger partial charge in [-0.2, -0.15) is 0 Å². The number of nitrogens with zero attached hydrogens (tertiary/aromatic N) is 2. The van der Waals surface area contributed by atoms with Gasteiger partial charge in [0.05, 0.1) is 12.0 Å². The van der Waals surface area contributed by atoms with Crippen LogP contribution in [-0.2, 0) is 6.54 Å². The number of pyridine rings is 1. The minimum Gasteiger partial charge on any atom is -0.476 e. The fraction of sp³-hybridized carbons (Fsp3) is 0.375. The van der Waals surface area contributed by atoms with Crippen LogP contribution in [0.4, 0.5) is 14.5 Å². The van der Waals surface area contributed by atoms with Gasteiger partial charge in [-0.05, 0) is 0 Å². The summed E-state index contributed by atoms with van der Waals surface area (Å²) in [5.74, 6) is -0.447. The summed E-state index contributed by atoms with van der Waals surface area (Å²) in [5.41, 5.74) is 4.07. The molecule has 0 bridgehead atoms. The molecule has 8 heteroatoms. The SMILES string of the molecule is COc1nc(C(F)F)c(CN)cc1[N+](=O)[O-]. The molecular weight excluding hydrogens is 224 g/mol. The van der Waals surface area contributed by atoms with Gasteiger partial charge >= 0.3 is 5.69 Å². The van der Waals surface area contributed by atoms with E-state index < -0.39 is 28.6 Å². The summed E-state index contributed by atoms with van der Waals surface area (Å²) in [5, 5.41) is 10.6. The third kappa shape index (κ3) is 2.22. The fourth-order valence-electron chi connectivity index (χ4n) is 1.17. The van der Waals surface area contributed by atoms with E-state index in [0.717, 1.165) is 13.2 Å². The van der Waals surface area contributed by atoms with Crippen LogP contribution < -0.4 is 10.5 Å². The number of rotatable bonds is 4. The van der Waals surface area contributed by atoms with Gasteiger partial charge in [0.25, 0.3) is 12.3 Å². The zero-order chi connectivity index (χ0) is 12.3. The van der Waals surface area contributed by atoms with E-state index in [0.29, 0.717) is 0 Å². The van der Waals surface area contributed by atoms with Gasteiger partial charge in [-0.1, -0.05) is 0 Å². The van der Waals surface area contributed by atoms with E-state index in [1.165, 1.54) is 0 Å². The van der Waals surface area contributed by atoms with Gasteiger partial charge in [0.1, 0.15) is 5.69 Å². The quantitative estimate of drug-likeness (QED) is 0.626. The summed E-state index contributed by atoms with van der Waals surface area (Å²) in [6.07, 6.45) is -2.85. The molecule has 6 nitrogen and oxygen atoms in total. The van der Waals surface area contributed by atoms with Crippen LogP contribution in [0.1, 0.15) is 17.7 Å². The zero-order valence-electron chi connectivity index (χ0n) is 8.31. The van der Waals surface area contributed by atoms with Gasteiger partial charge in [0.2, 0.25) is 0 Å². The topological polar surface area (TPSA) is 91.3 Å². The lowest BCUT2D eigenvalue weighted by molar-refractivity contribution is -0.386. The van der Waals surface area contributed by atoms with E-state index in [-0.39, 0.29) is 12.1 Å². The van der Waals surface area contributed by atoms with E-state index in [4.69, 9.17) is 5.73 Å². The Balaban J connectivity index is 3.40. The number of hydrogen-bond donors (Lipinski definition) is 1. The fourth-order valence-corrected chi connectivity index (χ4v) is 1.17. The highest BCUT2D eigenvalue weighted by molar-refractivity contribution is 5.45. The van der Waals surface area contributed by atoms with Crippen LogP contribution >= 0.6 is 0 Å². The lowest BCUT2D eigenvalue weighted by Gasteiger charge is -2.08. The molecule has 0 unspecified atom stereocenters. The van der Waals surface area contributed by atoms with Gasteiger partial charge < -0.3 is 10.5 Å². The van der Waals surface area contributed by atoms with E-state index in [9.17, 15) is 18.9 Å². The first kappa shape index (κ1) is 12.2. The Morgan fingerprint density at radius 3 is 2.69 bits per heavy atom. The summed E-state index contributed by atoms with van der Waals surface area (Å²) < 4.78 is 29.6. The third-order valence-corrected chi connectivity index (χ3v) is 1.90. The molecule has 0 amide bonds. The predicted octanol–water partition coefficient (Wildman–Crippen LogP) is 1.39. The first-order chi connectivity index (χ1) is 7.51. The Labute approximate surface area is 89.2 Å². The van der Waals surface area contributed by atoms with E-state index in [1.54, 1.807) is 0 Å². The molecular formula is C8H9F2N3O3. The maximum absolute atomic E-state index is 12.5. The first-order valence-corrected chi connectivity index (χ1v) is 4.21. The molecule has 88 valence electrons. The van der Waals surface area contributed by atoms with Gasteiger partial charge in [-0.15, -0.1) is 0 Å². The van der Waals surface area contributed by atoms with Crippen molar-refractivity contribution in [2.24, 2.45) is 5.73 Å². The average Bonchev–Trinajstić information content (AvgIpc) is 2.26. The lowest BCUT2D eigenvalue weighted by Crippen LogP contribution is -2.08. The smallest absolute Gasteiger partial charge is 0.331 e. The second-order valence-electron chi connectivity index (χ2n) is 2.82. The third-order valence-electron chi connectivity index (χ3n) is 1.90. The Morgan fingerprint density at radius 2 is 2.31 bits per heavy atom. The van der Waals surface area contributed by atoms with Gasteiger partial charge in [-0.3, -0.25) is 10.1 Å². The number of alkyl halides is 2. The molecule has 0 saturated carbocycles. The van der Waals surface area contributed by atoms with Crippen molar-refractivity contribution in [3.63, 3.8) is 0 Å². The van der Waals surface area contributed by atoms with Crippen LogP contribution in [0.5, 0.6) is 5.88 Å². The molecule has 0 aliphatic rings. The first-order valence-electron chi connectivity index (χ1n) is 4.21. The van der Waals surface area contributed by atoms with Crippen molar-refractivity contribution < 1.29 is 18.4 Å². The molecule has 1 heterocycles.